The first kappa shape index (κ1) is 25.5. The van der Waals surface area contributed by atoms with Gasteiger partial charge in [0.05, 0.1) is 21.0 Å². The summed E-state index contributed by atoms with van der Waals surface area (Å²) in [7, 11) is -3.80. The van der Waals surface area contributed by atoms with Crippen molar-refractivity contribution in [1.82, 2.24) is 9.55 Å². The largest absolute Gasteiger partial charge is 0.325 e. The average molecular weight is 527 g/mol. The smallest absolute Gasteiger partial charge is 0.262 e. The van der Waals surface area contributed by atoms with Gasteiger partial charge in [0.15, 0.2) is 5.16 Å². The molecule has 0 spiro atoms. The highest BCUT2D eigenvalue weighted by Gasteiger charge is 2.20. The number of aromatic nitrogens is 2. The van der Waals surface area contributed by atoms with Gasteiger partial charge in [0.1, 0.15) is 5.82 Å². The third-order valence-electron chi connectivity index (χ3n) is 5.47. The van der Waals surface area contributed by atoms with Crippen LogP contribution >= 0.6 is 11.8 Å². The average Bonchev–Trinajstić information content (AvgIpc) is 2.85. The zero-order valence-corrected chi connectivity index (χ0v) is 20.9. The molecule has 1 atom stereocenters. The molecule has 11 heteroatoms. The van der Waals surface area contributed by atoms with Gasteiger partial charge in [-0.15, -0.1) is 0 Å². The molecule has 1 aromatic heterocycles. The lowest BCUT2D eigenvalue weighted by Gasteiger charge is -2.16. The molecule has 4 rings (SSSR count). The molecule has 186 valence electrons. The Morgan fingerprint density at radius 2 is 1.75 bits per heavy atom. The number of hydrogen-bond donors (Lipinski definition) is 2. The van der Waals surface area contributed by atoms with Gasteiger partial charge < -0.3 is 5.32 Å². The van der Waals surface area contributed by atoms with Crippen molar-refractivity contribution >= 4 is 44.3 Å². The molecular weight excluding hydrogens is 503 g/mol. The molecule has 0 bridgehead atoms. The third kappa shape index (κ3) is 5.99. The third-order valence-corrected chi connectivity index (χ3v) is 7.49. The fourth-order valence-corrected chi connectivity index (χ4v) is 4.96. The molecule has 0 aliphatic rings. The fraction of sp³-hybridized carbons (Fsp3) is 0.160. The Balaban J connectivity index is 1.59. The number of benzene rings is 3. The summed E-state index contributed by atoms with van der Waals surface area (Å²) in [5.41, 5.74) is 1.54. The second-order valence-corrected chi connectivity index (χ2v) is 10.9. The Morgan fingerprint density at radius 3 is 2.42 bits per heavy atom. The molecule has 0 aliphatic heterocycles. The van der Waals surface area contributed by atoms with E-state index in [4.69, 9.17) is 5.14 Å². The van der Waals surface area contributed by atoms with E-state index in [0.29, 0.717) is 28.2 Å². The molecule has 1 unspecified atom stereocenters. The van der Waals surface area contributed by atoms with Crippen LogP contribution in [0, 0.1) is 5.82 Å². The summed E-state index contributed by atoms with van der Waals surface area (Å²) in [5, 5.41) is 8.11. The van der Waals surface area contributed by atoms with Crippen LogP contribution in [0.1, 0.15) is 12.5 Å². The Bertz CT molecular complexity index is 1570. The number of nitrogens with zero attached hydrogens (tertiary/aromatic N) is 2. The fourth-order valence-electron chi connectivity index (χ4n) is 3.51. The summed E-state index contributed by atoms with van der Waals surface area (Å²) in [5.74, 6) is -0.724. The monoisotopic (exact) mass is 526 g/mol. The number of rotatable bonds is 8. The van der Waals surface area contributed by atoms with E-state index in [1.807, 2.05) is 0 Å². The van der Waals surface area contributed by atoms with Gasteiger partial charge >= 0.3 is 0 Å². The van der Waals surface area contributed by atoms with E-state index < -0.39 is 21.1 Å². The van der Waals surface area contributed by atoms with Crippen molar-refractivity contribution in [2.75, 3.05) is 5.32 Å². The normalized spacial score (nSPS) is 12.4. The minimum absolute atomic E-state index is 0.00743. The molecular formula is C25H23FN4O4S2. The molecule has 8 nitrogen and oxygen atoms in total. The SMILES string of the molecule is CC(Sc1nc2ccccc2c(=O)n1CCc1ccc(S(N)(=O)=O)cc1)C(=O)Nc1ccc(F)cc1. The van der Waals surface area contributed by atoms with Crippen molar-refractivity contribution in [2.24, 2.45) is 5.14 Å². The summed E-state index contributed by atoms with van der Waals surface area (Å²) in [4.78, 5) is 30.7. The number of carbonyl (C=O) groups is 1. The number of nitrogens with two attached hydrogens (primary N) is 1. The Hall–Kier alpha value is -3.54. The zero-order chi connectivity index (χ0) is 25.9. The molecule has 0 fully saturated rings. The lowest BCUT2D eigenvalue weighted by atomic mass is 10.1. The summed E-state index contributed by atoms with van der Waals surface area (Å²) < 4.78 is 37.7. The topological polar surface area (TPSA) is 124 Å². The first-order chi connectivity index (χ1) is 17.1. The van der Waals surface area contributed by atoms with Crippen LogP contribution in [0.5, 0.6) is 0 Å². The van der Waals surface area contributed by atoms with Crippen LogP contribution in [0.4, 0.5) is 10.1 Å². The van der Waals surface area contributed by atoms with E-state index in [1.54, 1.807) is 43.3 Å². The Labute approximate surface area is 211 Å². The minimum atomic E-state index is -3.80. The van der Waals surface area contributed by atoms with Crippen LogP contribution in [-0.2, 0) is 27.8 Å². The summed E-state index contributed by atoms with van der Waals surface area (Å²) in [6, 6.07) is 18.5. The van der Waals surface area contributed by atoms with Crippen LogP contribution in [-0.4, -0.2) is 29.1 Å². The van der Waals surface area contributed by atoms with Gasteiger partial charge in [0.2, 0.25) is 15.9 Å². The molecule has 4 aromatic rings. The van der Waals surface area contributed by atoms with Gasteiger partial charge in [-0.05, 0) is 67.4 Å². The molecule has 1 heterocycles. The van der Waals surface area contributed by atoms with Crippen molar-refractivity contribution in [3.05, 3.63) is 94.5 Å². The van der Waals surface area contributed by atoms with Gasteiger partial charge in [0.25, 0.3) is 5.56 Å². The maximum Gasteiger partial charge on any atom is 0.262 e. The van der Waals surface area contributed by atoms with Crippen molar-refractivity contribution < 1.29 is 17.6 Å². The molecule has 36 heavy (non-hydrogen) atoms. The summed E-state index contributed by atoms with van der Waals surface area (Å²) in [6.45, 7) is 1.96. The molecule has 0 saturated heterocycles. The van der Waals surface area contributed by atoms with Gasteiger partial charge in [-0.3, -0.25) is 14.2 Å². The van der Waals surface area contributed by atoms with Crippen LogP contribution in [0.3, 0.4) is 0 Å². The van der Waals surface area contributed by atoms with Crippen LogP contribution in [0.2, 0.25) is 0 Å². The highest BCUT2D eigenvalue weighted by Crippen LogP contribution is 2.24. The number of para-hydroxylation sites is 1. The number of fused-ring (bicyclic) bond motifs is 1. The number of thioether (sulfide) groups is 1. The lowest BCUT2D eigenvalue weighted by molar-refractivity contribution is -0.115. The Morgan fingerprint density at radius 1 is 1.08 bits per heavy atom. The molecule has 0 saturated carbocycles. The minimum Gasteiger partial charge on any atom is -0.325 e. The highest BCUT2D eigenvalue weighted by atomic mass is 32.2. The van der Waals surface area contributed by atoms with E-state index in [1.165, 1.54) is 41.0 Å². The number of primary sulfonamides is 1. The first-order valence-electron chi connectivity index (χ1n) is 11.0. The van der Waals surface area contributed by atoms with Crippen molar-refractivity contribution in [1.29, 1.82) is 0 Å². The van der Waals surface area contributed by atoms with Crippen molar-refractivity contribution in [3.63, 3.8) is 0 Å². The maximum atomic E-state index is 13.3. The van der Waals surface area contributed by atoms with Crippen molar-refractivity contribution in [3.8, 4) is 0 Å². The lowest BCUT2D eigenvalue weighted by Crippen LogP contribution is -2.27. The standard InChI is InChI=1S/C25H23FN4O4S2/c1-16(23(31)28-19-10-8-18(26)9-11-19)35-25-29-22-5-3-2-4-21(22)24(32)30(25)15-14-17-6-12-20(13-7-17)36(27,33)34/h2-13,16H,14-15H2,1H3,(H,28,31)(H2,27,33,34). The van der Waals surface area contributed by atoms with Crippen LogP contribution in [0.25, 0.3) is 10.9 Å². The highest BCUT2D eigenvalue weighted by molar-refractivity contribution is 8.00. The molecule has 3 aromatic carbocycles. The molecule has 0 aliphatic carbocycles. The number of hydrogen-bond acceptors (Lipinski definition) is 6. The summed E-state index contributed by atoms with van der Waals surface area (Å²) >= 11 is 1.14. The predicted octanol–water partition coefficient (Wildman–Crippen LogP) is 3.55. The summed E-state index contributed by atoms with van der Waals surface area (Å²) in [6.07, 6.45) is 0.425. The molecule has 3 N–H and O–H groups in total. The molecule has 1 amide bonds. The van der Waals surface area contributed by atoms with E-state index in [-0.39, 0.29) is 22.9 Å². The number of anilines is 1. The van der Waals surface area contributed by atoms with Gasteiger partial charge in [-0.2, -0.15) is 0 Å². The number of nitrogens with one attached hydrogen (secondary N) is 1. The van der Waals surface area contributed by atoms with Gasteiger partial charge in [0, 0.05) is 12.2 Å². The van der Waals surface area contributed by atoms with Gasteiger partial charge in [-0.25, -0.2) is 22.9 Å². The Kier molecular flexibility index (Phi) is 7.53. The maximum absolute atomic E-state index is 13.3. The van der Waals surface area contributed by atoms with Crippen LogP contribution < -0.4 is 16.0 Å². The van der Waals surface area contributed by atoms with E-state index in [2.05, 4.69) is 10.3 Å². The first-order valence-corrected chi connectivity index (χ1v) is 13.4. The van der Waals surface area contributed by atoms with E-state index in [9.17, 15) is 22.4 Å². The number of amides is 1. The molecule has 0 radical (unpaired) electrons. The van der Waals surface area contributed by atoms with E-state index >= 15 is 0 Å². The van der Waals surface area contributed by atoms with Crippen LogP contribution in [0.15, 0.2) is 87.6 Å². The predicted molar refractivity (Wildman–Crippen MR) is 138 cm³/mol. The number of sulfonamides is 1. The number of aryl methyl sites for hydroxylation is 1. The number of halogens is 1. The quantitative estimate of drug-likeness (QED) is 0.267. The second kappa shape index (κ2) is 10.6. The zero-order valence-electron chi connectivity index (χ0n) is 19.2. The number of carbonyl (C=O) groups excluding carboxylic acids is 1. The van der Waals surface area contributed by atoms with Gasteiger partial charge in [-0.1, -0.05) is 36.0 Å². The van der Waals surface area contributed by atoms with Crippen molar-refractivity contribution in [2.45, 2.75) is 35.2 Å². The second-order valence-electron chi connectivity index (χ2n) is 8.06. The van der Waals surface area contributed by atoms with E-state index in [0.717, 1.165) is 17.3 Å².